The zero-order valence-electron chi connectivity index (χ0n) is 12.0. The highest BCUT2D eigenvalue weighted by Crippen LogP contribution is 2.31. The van der Waals surface area contributed by atoms with Crippen molar-refractivity contribution >= 4 is 11.6 Å². The Kier molecular flexibility index (Phi) is 4.46. The first-order valence-corrected chi connectivity index (χ1v) is 7.06. The number of nitrogens with one attached hydrogen (secondary N) is 1. The molecule has 116 valence electrons. The van der Waals surface area contributed by atoms with Crippen molar-refractivity contribution in [3.05, 3.63) is 29.3 Å². The zero-order chi connectivity index (χ0) is 15.6. The molecule has 0 aliphatic heterocycles. The fourth-order valence-corrected chi connectivity index (χ4v) is 2.89. The number of anilines is 1. The maximum atomic E-state index is 13.2. The van der Waals surface area contributed by atoms with Gasteiger partial charge in [0.2, 0.25) is 0 Å². The van der Waals surface area contributed by atoms with Crippen molar-refractivity contribution in [2.75, 3.05) is 12.3 Å². The minimum absolute atomic E-state index is 0.0780. The van der Waals surface area contributed by atoms with Crippen molar-refractivity contribution in [1.29, 1.82) is 0 Å². The van der Waals surface area contributed by atoms with Gasteiger partial charge in [-0.05, 0) is 24.8 Å². The number of carbonyl (C=O) groups excluding carboxylic acids is 1. The Hall–Kier alpha value is -1.69. The molecule has 1 saturated carbocycles. The van der Waals surface area contributed by atoms with E-state index < -0.39 is 23.1 Å². The Balaban J connectivity index is 2.03. The van der Waals surface area contributed by atoms with Gasteiger partial charge in [-0.1, -0.05) is 19.8 Å². The predicted octanol–water partition coefficient (Wildman–Crippen LogP) is 2.22. The molecule has 0 saturated heterocycles. The van der Waals surface area contributed by atoms with E-state index in [2.05, 4.69) is 12.2 Å². The van der Waals surface area contributed by atoms with Gasteiger partial charge in [-0.3, -0.25) is 4.79 Å². The predicted molar refractivity (Wildman–Crippen MR) is 75.7 cm³/mol. The molecule has 1 amide bonds. The van der Waals surface area contributed by atoms with E-state index in [1.807, 2.05) is 0 Å². The summed E-state index contributed by atoms with van der Waals surface area (Å²) < 4.78 is 26.2. The standard InChI is InChI=1S/C15H20F2N2O2/c1-9-3-2-4-15(21,7-9)8-19-14(20)10-5-11(16)12(17)6-13(10)18/h5-6,9,21H,2-4,7-8,18H2,1H3,(H,19,20). The number of rotatable bonds is 3. The highest BCUT2D eigenvalue weighted by atomic mass is 19.2. The lowest BCUT2D eigenvalue weighted by atomic mass is 9.79. The topological polar surface area (TPSA) is 75.3 Å². The van der Waals surface area contributed by atoms with Gasteiger partial charge in [0, 0.05) is 18.3 Å². The van der Waals surface area contributed by atoms with Crippen LogP contribution in [0.15, 0.2) is 12.1 Å². The lowest BCUT2D eigenvalue weighted by molar-refractivity contribution is -0.0109. The summed E-state index contributed by atoms with van der Waals surface area (Å²) >= 11 is 0. The van der Waals surface area contributed by atoms with E-state index in [-0.39, 0.29) is 17.8 Å². The maximum Gasteiger partial charge on any atom is 0.253 e. The second-order valence-electron chi connectivity index (χ2n) is 5.96. The number of benzene rings is 1. The lowest BCUT2D eigenvalue weighted by Crippen LogP contribution is -2.45. The minimum atomic E-state index is -1.13. The van der Waals surface area contributed by atoms with E-state index in [0.29, 0.717) is 18.8 Å². The SMILES string of the molecule is CC1CCCC(O)(CNC(=O)c2cc(F)c(F)cc2N)C1. The monoisotopic (exact) mass is 298 g/mol. The van der Waals surface area contributed by atoms with Gasteiger partial charge in [0.1, 0.15) is 0 Å². The van der Waals surface area contributed by atoms with Crippen molar-refractivity contribution < 1.29 is 18.7 Å². The first-order valence-electron chi connectivity index (χ1n) is 7.06. The summed E-state index contributed by atoms with van der Waals surface area (Å²) in [4.78, 5) is 12.0. The van der Waals surface area contributed by atoms with Crippen LogP contribution in [0.2, 0.25) is 0 Å². The molecule has 0 spiro atoms. The van der Waals surface area contributed by atoms with Crippen LogP contribution in [0.25, 0.3) is 0 Å². The average molecular weight is 298 g/mol. The fraction of sp³-hybridized carbons (Fsp3) is 0.533. The molecule has 1 aromatic carbocycles. The fourth-order valence-electron chi connectivity index (χ4n) is 2.89. The van der Waals surface area contributed by atoms with Gasteiger partial charge in [0.15, 0.2) is 11.6 Å². The summed E-state index contributed by atoms with van der Waals surface area (Å²) in [6, 6.07) is 1.55. The van der Waals surface area contributed by atoms with E-state index in [4.69, 9.17) is 5.73 Å². The van der Waals surface area contributed by atoms with Crippen LogP contribution in [0.3, 0.4) is 0 Å². The Labute approximate surface area is 122 Å². The number of aliphatic hydroxyl groups is 1. The van der Waals surface area contributed by atoms with Gasteiger partial charge >= 0.3 is 0 Å². The Bertz CT molecular complexity index is 551. The van der Waals surface area contributed by atoms with E-state index in [0.717, 1.165) is 25.0 Å². The highest BCUT2D eigenvalue weighted by Gasteiger charge is 2.33. The molecule has 1 aliphatic rings. The summed E-state index contributed by atoms with van der Waals surface area (Å²) in [5.41, 5.74) is 4.33. The van der Waals surface area contributed by atoms with Crippen LogP contribution in [-0.2, 0) is 0 Å². The second kappa shape index (κ2) is 5.97. The molecular weight excluding hydrogens is 278 g/mol. The van der Waals surface area contributed by atoms with Crippen LogP contribution in [0, 0.1) is 17.6 Å². The van der Waals surface area contributed by atoms with Crippen LogP contribution >= 0.6 is 0 Å². The smallest absolute Gasteiger partial charge is 0.253 e. The zero-order valence-corrected chi connectivity index (χ0v) is 12.0. The van der Waals surface area contributed by atoms with Crippen molar-refractivity contribution in [2.45, 2.75) is 38.2 Å². The molecule has 1 fully saturated rings. The summed E-state index contributed by atoms with van der Waals surface area (Å²) in [7, 11) is 0. The minimum Gasteiger partial charge on any atom is -0.398 e. The van der Waals surface area contributed by atoms with Gasteiger partial charge < -0.3 is 16.2 Å². The van der Waals surface area contributed by atoms with Gasteiger partial charge in [-0.25, -0.2) is 8.78 Å². The van der Waals surface area contributed by atoms with Crippen LogP contribution in [0.4, 0.5) is 14.5 Å². The number of nitrogen functional groups attached to an aromatic ring is 1. The third kappa shape index (κ3) is 3.69. The quantitative estimate of drug-likeness (QED) is 0.749. The van der Waals surface area contributed by atoms with Crippen molar-refractivity contribution in [2.24, 2.45) is 5.92 Å². The van der Waals surface area contributed by atoms with Crippen molar-refractivity contribution in [1.82, 2.24) is 5.32 Å². The molecule has 0 heterocycles. The summed E-state index contributed by atoms with van der Waals surface area (Å²) in [6.45, 7) is 2.13. The second-order valence-corrected chi connectivity index (χ2v) is 5.96. The van der Waals surface area contributed by atoms with Gasteiger partial charge in [0.25, 0.3) is 5.91 Å². The van der Waals surface area contributed by atoms with E-state index in [9.17, 15) is 18.7 Å². The molecule has 2 rings (SSSR count). The van der Waals surface area contributed by atoms with Gasteiger partial charge in [-0.2, -0.15) is 0 Å². The van der Waals surface area contributed by atoms with Crippen LogP contribution in [-0.4, -0.2) is 23.2 Å². The summed E-state index contributed by atoms with van der Waals surface area (Å²) in [5.74, 6) is -2.44. The average Bonchev–Trinajstić information content (AvgIpc) is 2.40. The third-order valence-electron chi connectivity index (χ3n) is 3.98. The summed E-state index contributed by atoms with van der Waals surface area (Å²) in [6.07, 6.45) is 3.19. The third-order valence-corrected chi connectivity index (χ3v) is 3.98. The molecule has 0 aromatic heterocycles. The maximum absolute atomic E-state index is 13.2. The number of halogens is 2. The molecule has 1 aliphatic carbocycles. The van der Waals surface area contributed by atoms with Crippen LogP contribution in [0.1, 0.15) is 43.0 Å². The molecule has 21 heavy (non-hydrogen) atoms. The number of hydrogen-bond donors (Lipinski definition) is 3. The molecule has 2 atom stereocenters. The largest absolute Gasteiger partial charge is 0.398 e. The molecule has 4 N–H and O–H groups in total. The molecule has 0 radical (unpaired) electrons. The summed E-state index contributed by atoms with van der Waals surface area (Å²) in [5, 5.41) is 13.0. The molecular formula is C15H20F2N2O2. The van der Waals surface area contributed by atoms with Crippen molar-refractivity contribution in [3.8, 4) is 0 Å². The molecule has 6 heteroatoms. The van der Waals surface area contributed by atoms with E-state index in [1.54, 1.807) is 0 Å². The Morgan fingerprint density at radius 1 is 1.48 bits per heavy atom. The Morgan fingerprint density at radius 2 is 2.14 bits per heavy atom. The van der Waals surface area contributed by atoms with Gasteiger partial charge in [-0.15, -0.1) is 0 Å². The van der Waals surface area contributed by atoms with E-state index >= 15 is 0 Å². The molecule has 1 aromatic rings. The number of hydrogen-bond acceptors (Lipinski definition) is 3. The molecule has 2 unspecified atom stereocenters. The Morgan fingerprint density at radius 3 is 2.81 bits per heavy atom. The highest BCUT2D eigenvalue weighted by molar-refractivity contribution is 5.99. The first-order chi connectivity index (χ1) is 9.81. The number of amides is 1. The normalized spacial score (nSPS) is 25.6. The number of carbonyl (C=O) groups is 1. The molecule has 0 bridgehead atoms. The molecule has 4 nitrogen and oxygen atoms in total. The number of nitrogens with two attached hydrogens (primary N) is 1. The first kappa shape index (κ1) is 15.7. The van der Waals surface area contributed by atoms with Gasteiger partial charge in [0.05, 0.1) is 11.2 Å². The van der Waals surface area contributed by atoms with E-state index in [1.165, 1.54) is 0 Å². The van der Waals surface area contributed by atoms with Crippen LogP contribution < -0.4 is 11.1 Å². The van der Waals surface area contributed by atoms with Crippen LogP contribution in [0.5, 0.6) is 0 Å². The lowest BCUT2D eigenvalue weighted by Gasteiger charge is -2.35. The van der Waals surface area contributed by atoms with Crippen molar-refractivity contribution in [3.63, 3.8) is 0 Å².